The first-order chi connectivity index (χ1) is 10.1. The molecule has 1 aliphatic heterocycles. The third-order valence-corrected chi connectivity index (χ3v) is 3.90. The molecule has 0 bridgehead atoms. The molecule has 1 N–H and O–H groups in total. The fourth-order valence-electron chi connectivity index (χ4n) is 2.38. The van der Waals surface area contributed by atoms with E-state index in [4.69, 9.17) is 32.7 Å². The summed E-state index contributed by atoms with van der Waals surface area (Å²) in [6.45, 7) is 0.561. The fourth-order valence-corrected chi connectivity index (χ4v) is 2.94. The van der Waals surface area contributed by atoms with Gasteiger partial charge >= 0.3 is 0 Å². The summed E-state index contributed by atoms with van der Waals surface area (Å²) >= 11 is 12.2. The molecule has 21 heavy (non-hydrogen) atoms. The van der Waals surface area contributed by atoms with Crippen LogP contribution in [0, 0.1) is 0 Å². The molecular formula is C14H14Cl2N2O3. The molecule has 2 heterocycles. The van der Waals surface area contributed by atoms with Crippen LogP contribution >= 0.6 is 23.2 Å². The first kappa shape index (κ1) is 14.8. The maximum Gasteiger partial charge on any atom is 0.215 e. The van der Waals surface area contributed by atoms with Gasteiger partial charge in [-0.2, -0.15) is 0 Å². The topological polar surface area (TPSA) is 56.5 Å². The lowest BCUT2D eigenvalue weighted by atomic mass is 10.1. The van der Waals surface area contributed by atoms with Gasteiger partial charge in [0.05, 0.1) is 31.1 Å². The zero-order valence-electron chi connectivity index (χ0n) is 11.1. The average molecular weight is 329 g/mol. The molecule has 0 radical (unpaired) electrons. The van der Waals surface area contributed by atoms with Crippen molar-refractivity contribution >= 4 is 23.2 Å². The number of aliphatic hydroxyl groups is 1. The summed E-state index contributed by atoms with van der Waals surface area (Å²) in [4.78, 5) is 4.01. The predicted molar refractivity (Wildman–Crippen MR) is 78.3 cm³/mol. The van der Waals surface area contributed by atoms with Crippen LogP contribution in [0.1, 0.15) is 5.56 Å². The molecule has 1 aromatic carbocycles. The third kappa shape index (κ3) is 2.93. The van der Waals surface area contributed by atoms with E-state index in [0.717, 1.165) is 0 Å². The molecule has 0 unspecified atom stereocenters. The number of hydrogen-bond donors (Lipinski definition) is 1. The number of nitrogens with zero attached hydrogens (tertiary/aromatic N) is 2. The monoisotopic (exact) mass is 328 g/mol. The van der Waals surface area contributed by atoms with Crippen molar-refractivity contribution in [2.75, 3.05) is 13.2 Å². The largest absolute Gasteiger partial charge is 0.394 e. The number of imidazole rings is 1. The van der Waals surface area contributed by atoms with Gasteiger partial charge < -0.3 is 19.1 Å². The lowest BCUT2D eigenvalue weighted by Crippen LogP contribution is -2.34. The lowest BCUT2D eigenvalue weighted by molar-refractivity contribution is -0.189. The number of halogens is 2. The Labute approximate surface area is 132 Å². The van der Waals surface area contributed by atoms with Gasteiger partial charge in [-0.05, 0) is 12.1 Å². The molecule has 1 saturated heterocycles. The van der Waals surface area contributed by atoms with E-state index < -0.39 is 5.79 Å². The normalized spacial score (nSPS) is 25.4. The van der Waals surface area contributed by atoms with E-state index in [9.17, 15) is 5.11 Å². The molecule has 1 aliphatic rings. The predicted octanol–water partition coefficient (Wildman–Crippen LogP) is 2.45. The molecule has 112 valence electrons. The molecule has 5 nitrogen and oxygen atoms in total. The van der Waals surface area contributed by atoms with E-state index in [0.29, 0.717) is 28.8 Å². The summed E-state index contributed by atoms with van der Waals surface area (Å²) in [6, 6.07) is 5.16. The van der Waals surface area contributed by atoms with Crippen LogP contribution in [0.5, 0.6) is 0 Å². The molecule has 3 rings (SSSR count). The van der Waals surface area contributed by atoms with Crippen molar-refractivity contribution in [2.45, 2.75) is 18.4 Å². The molecule has 1 aromatic heterocycles. The van der Waals surface area contributed by atoms with Gasteiger partial charge in [-0.3, -0.25) is 0 Å². The van der Waals surface area contributed by atoms with Crippen LogP contribution in [0.15, 0.2) is 36.9 Å². The van der Waals surface area contributed by atoms with Gasteiger partial charge in [0.2, 0.25) is 5.79 Å². The Bertz CT molecular complexity index is 621. The summed E-state index contributed by atoms with van der Waals surface area (Å²) in [5.74, 6) is -1.06. The van der Waals surface area contributed by atoms with Crippen molar-refractivity contribution in [1.29, 1.82) is 0 Å². The van der Waals surface area contributed by atoms with Gasteiger partial charge in [-0.1, -0.05) is 29.3 Å². The summed E-state index contributed by atoms with van der Waals surface area (Å²) in [6.07, 6.45) is 4.77. The molecule has 0 aliphatic carbocycles. The number of ether oxygens (including phenoxy) is 2. The fraction of sp³-hybridized carbons (Fsp3) is 0.357. The van der Waals surface area contributed by atoms with Crippen molar-refractivity contribution in [3.05, 3.63) is 52.5 Å². The van der Waals surface area contributed by atoms with Crippen LogP contribution in [0.2, 0.25) is 10.0 Å². The SMILES string of the molecule is OC[C@H]1CO[C@@](Cn2ccnc2)(c2ccc(Cl)cc2Cl)O1. The zero-order chi connectivity index (χ0) is 14.9. The van der Waals surface area contributed by atoms with Crippen molar-refractivity contribution in [1.82, 2.24) is 9.55 Å². The van der Waals surface area contributed by atoms with Gasteiger partial charge in [0, 0.05) is 23.0 Å². The van der Waals surface area contributed by atoms with E-state index in [2.05, 4.69) is 4.98 Å². The van der Waals surface area contributed by atoms with E-state index in [-0.39, 0.29) is 12.7 Å². The van der Waals surface area contributed by atoms with Crippen LogP contribution in [0.4, 0.5) is 0 Å². The Morgan fingerprint density at radius 1 is 1.43 bits per heavy atom. The first-order valence-electron chi connectivity index (χ1n) is 6.47. The molecule has 0 spiro atoms. The molecule has 0 saturated carbocycles. The van der Waals surface area contributed by atoms with E-state index in [1.54, 1.807) is 30.7 Å². The highest BCUT2D eigenvalue weighted by Crippen LogP contribution is 2.40. The summed E-state index contributed by atoms with van der Waals surface area (Å²) in [5.41, 5.74) is 0.679. The number of aromatic nitrogens is 2. The highest BCUT2D eigenvalue weighted by atomic mass is 35.5. The Hall–Kier alpha value is -1.11. The summed E-state index contributed by atoms with van der Waals surface area (Å²) in [5, 5.41) is 10.3. The van der Waals surface area contributed by atoms with Crippen LogP contribution in [0.3, 0.4) is 0 Å². The number of benzene rings is 1. The second-order valence-electron chi connectivity index (χ2n) is 4.85. The quantitative estimate of drug-likeness (QED) is 0.936. The Kier molecular flexibility index (Phi) is 4.19. The van der Waals surface area contributed by atoms with Gasteiger partial charge in [-0.25, -0.2) is 4.98 Å². The van der Waals surface area contributed by atoms with Gasteiger partial charge in [0.15, 0.2) is 0 Å². The minimum Gasteiger partial charge on any atom is -0.394 e. The van der Waals surface area contributed by atoms with Gasteiger partial charge in [0.25, 0.3) is 0 Å². The average Bonchev–Trinajstić information content (AvgIpc) is 3.09. The maximum absolute atomic E-state index is 9.31. The van der Waals surface area contributed by atoms with Crippen molar-refractivity contribution < 1.29 is 14.6 Å². The molecular weight excluding hydrogens is 315 g/mol. The van der Waals surface area contributed by atoms with Crippen molar-refractivity contribution in [2.24, 2.45) is 0 Å². The van der Waals surface area contributed by atoms with Gasteiger partial charge in [0.1, 0.15) is 6.10 Å². The maximum atomic E-state index is 9.31. The molecule has 2 aromatic rings. The molecule has 1 fully saturated rings. The number of aliphatic hydroxyl groups excluding tert-OH is 1. The smallest absolute Gasteiger partial charge is 0.215 e. The van der Waals surface area contributed by atoms with E-state index >= 15 is 0 Å². The van der Waals surface area contributed by atoms with Gasteiger partial charge in [-0.15, -0.1) is 0 Å². The second-order valence-corrected chi connectivity index (χ2v) is 5.69. The van der Waals surface area contributed by atoms with Crippen molar-refractivity contribution in [3.63, 3.8) is 0 Å². The zero-order valence-corrected chi connectivity index (χ0v) is 12.6. The van der Waals surface area contributed by atoms with E-state index in [1.165, 1.54) is 0 Å². The highest BCUT2D eigenvalue weighted by Gasteiger charge is 2.44. The third-order valence-electron chi connectivity index (χ3n) is 3.35. The van der Waals surface area contributed by atoms with Crippen LogP contribution in [-0.4, -0.2) is 34.0 Å². The molecule has 7 heteroatoms. The highest BCUT2D eigenvalue weighted by molar-refractivity contribution is 6.35. The van der Waals surface area contributed by atoms with E-state index in [1.807, 2.05) is 10.8 Å². The second kappa shape index (κ2) is 5.94. The molecule has 2 atom stereocenters. The Morgan fingerprint density at radius 2 is 2.29 bits per heavy atom. The number of rotatable bonds is 4. The minimum absolute atomic E-state index is 0.114. The standard InChI is InChI=1S/C14H14Cl2N2O3/c15-10-1-2-12(13(16)5-10)14(8-18-4-3-17-9-18)20-7-11(6-19)21-14/h1-5,9,11,19H,6-8H2/t11-,14+/m0/s1. The van der Waals surface area contributed by atoms with Crippen LogP contribution < -0.4 is 0 Å². The molecule has 0 amide bonds. The summed E-state index contributed by atoms with van der Waals surface area (Å²) in [7, 11) is 0. The van der Waals surface area contributed by atoms with Crippen LogP contribution in [0.25, 0.3) is 0 Å². The van der Waals surface area contributed by atoms with Crippen LogP contribution in [-0.2, 0) is 21.8 Å². The Morgan fingerprint density at radius 3 is 2.90 bits per heavy atom. The Balaban J connectivity index is 1.99. The lowest BCUT2D eigenvalue weighted by Gasteiger charge is -2.29. The number of hydrogen-bond acceptors (Lipinski definition) is 4. The minimum atomic E-state index is -1.06. The first-order valence-corrected chi connectivity index (χ1v) is 7.22. The van der Waals surface area contributed by atoms with Crippen molar-refractivity contribution in [3.8, 4) is 0 Å². The summed E-state index contributed by atoms with van der Waals surface area (Å²) < 4.78 is 13.6.